The smallest absolute Gasteiger partial charge is 0.305 e. The summed E-state index contributed by atoms with van der Waals surface area (Å²) in [5.74, 6) is 1.21. The molecule has 0 saturated carbocycles. The number of ether oxygens (including phenoxy) is 2. The van der Waals surface area contributed by atoms with E-state index in [4.69, 9.17) is 15.2 Å². The standard InChI is InChI=1S/C18H27NO3/c1-3-21-16-10-7-8-13-12-15(19)14(18(13)16)9-5-6-11-17(20)22-4-2/h7-8,10,14-15H,3-6,9,11-12,19H2,1-2H3. The van der Waals surface area contributed by atoms with E-state index in [-0.39, 0.29) is 12.0 Å². The summed E-state index contributed by atoms with van der Waals surface area (Å²) in [4.78, 5) is 11.4. The highest BCUT2D eigenvalue weighted by Gasteiger charge is 2.32. The van der Waals surface area contributed by atoms with E-state index < -0.39 is 0 Å². The molecule has 1 aromatic carbocycles. The van der Waals surface area contributed by atoms with Crippen LogP contribution in [-0.2, 0) is 16.0 Å². The number of fused-ring (bicyclic) bond motifs is 1. The Morgan fingerprint density at radius 3 is 2.82 bits per heavy atom. The van der Waals surface area contributed by atoms with Crippen molar-refractivity contribution in [2.75, 3.05) is 13.2 Å². The van der Waals surface area contributed by atoms with Crippen LogP contribution in [0.25, 0.3) is 0 Å². The average molecular weight is 305 g/mol. The van der Waals surface area contributed by atoms with Gasteiger partial charge in [-0.05, 0) is 44.7 Å². The van der Waals surface area contributed by atoms with Crippen molar-refractivity contribution in [3.05, 3.63) is 29.3 Å². The zero-order valence-electron chi connectivity index (χ0n) is 13.6. The van der Waals surface area contributed by atoms with Gasteiger partial charge in [0.15, 0.2) is 0 Å². The van der Waals surface area contributed by atoms with Gasteiger partial charge in [0.2, 0.25) is 0 Å². The summed E-state index contributed by atoms with van der Waals surface area (Å²) in [6, 6.07) is 6.38. The Bertz CT molecular complexity index is 501. The van der Waals surface area contributed by atoms with Crippen LogP contribution in [0.5, 0.6) is 5.75 Å². The van der Waals surface area contributed by atoms with Crippen molar-refractivity contribution in [3.63, 3.8) is 0 Å². The Morgan fingerprint density at radius 1 is 1.27 bits per heavy atom. The molecule has 0 aromatic heterocycles. The van der Waals surface area contributed by atoms with Gasteiger partial charge >= 0.3 is 5.97 Å². The fourth-order valence-corrected chi connectivity index (χ4v) is 3.31. The number of benzene rings is 1. The second kappa shape index (κ2) is 8.18. The lowest BCUT2D eigenvalue weighted by atomic mass is 9.92. The second-order valence-electron chi connectivity index (χ2n) is 5.79. The van der Waals surface area contributed by atoms with E-state index in [0.717, 1.165) is 31.4 Å². The van der Waals surface area contributed by atoms with Crippen LogP contribution in [0.2, 0.25) is 0 Å². The van der Waals surface area contributed by atoms with Crippen LogP contribution < -0.4 is 10.5 Å². The Hall–Kier alpha value is -1.55. The molecule has 4 heteroatoms. The third kappa shape index (κ3) is 4.01. The molecule has 0 spiro atoms. The van der Waals surface area contributed by atoms with Crippen LogP contribution in [0.15, 0.2) is 18.2 Å². The van der Waals surface area contributed by atoms with E-state index in [9.17, 15) is 4.79 Å². The van der Waals surface area contributed by atoms with Crippen LogP contribution in [0.4, 0.5) is 0 Å². The first-order valence-corrected chi connectivity index (χ1v) is 8.33. The van der Waals surface area contributed by atoms with E-state index in [2.05, 4.69) is 6.07 Å². The zero-order chi connectivity index (χ0) is 15.9. The molecule has 0 amide bonds. The van der Waals surface area contributed by atoms with Crippen LogP contribution in [0, 0.1) is 0 Å². The maximum atomic E-state index is 11.4. The monoisotopic (exact) mass is 305 g/mol. The number of rotatable bonds is 8. The molecule has 1 aromatic rings. The molecule has 0 saturated heterocycles. The van der Waals surface area contributed by atoms with E-state index >= 15 is 0 Å². The summed E-state index contributed by atoms with van der Waals surface area (Å²) < 4.78 is 10.7. The summed E-state index contributed by atoms with van der Waals surface area (Å²) in [6.07, 6.45) is 4.25. The molecule has 2 rings (SSSR count). The summed E-state index contributed by atoms with van der Waals surface area (Å²) in [6.45, 7) is 4.96. The van der Waals surface area contributed by atoms with E-state index in [1.54, 1.807) is 0 Å². The zero-order valence-corrected chi connectivity index (χ0v) is 13.6. The van der Waals surface area contributed by atoms with Crippen LogP contribution >= 0.6 is 0 Å². The normalized spacial score (nSPS) is 19.8. The minimum absolute atomic E-state index is 0.103. The van der Waals surface area contributed by atoms with Crippen molar-refractivity contribution >= 4 is 5.97 Å². The van der Waals surface area contributed by atoms with Crippen molar-refractivity contribution in [1.29, 1.82) is 0 Å². The highest BCUT2D eigenvalue weighted by atomic mass is 16.5. The largest absolute Gasteiger partial charge is 0.494 e. The van der Waals surface area contributed by atoms with Gasteiger partial charge in [-0.1, -0.05) is 18.6 Å². The molecule has 2 unspecified atom stereocenters. The lowest BCUT2D eigenvalue weighted by molar-refractivity contribution is -0.143. The lowest BCUT2D eigenvalue weighted by Crippen LogP contribution is -2.25. The summed E-state index contributed by atoms with van der Waals surface area (Å²) in [5, 5.41) is 0. The highest BCUT2D eigenvalue weighted by molar-refractivity contribution is 5.69. The van der Waals surface area contributed by atoms with Crippen molar-refractivity contribution < 1.29 is 14.3 Å². The first-order valence-electron chi connectivity index (χ1n) is 8.33. The quantitative estimate of drug-likeness (QED) is 0.592. The van der Waals surface area contributed by atoms with Gasteiger partial charge in [0, 0.05) is 23.9 Å². The van der Waals surface area contributed by atoms with Gasteiger partial charge in [0.1, 0.15) is 5.75 Å². The lowest BCUT2D eigenvalue weighted by Gasteiger charge is -2.19. The third-order valence-electron chi connectivity index (χ3n) is 4.25. The molecule has 0 fully saturated rings. The molecular weight excluding hydrogens is 278 g/mol. The van der Waals surface area contributed by atoms with Gasteiger partial charge in [0.05, 0.1) is 13.2 Å². The van der Waals surface area contributed by atoms with Gasteiger partial charge in [0.25, 0.3) is 0 Å². The molecule has 1 aliphatic rings. The number of esters is 1. The molecule has 0 bridgehead atoms. The predicted molar refractivity (Wildman–Crippen MR) is 87.1 cm³/mol. The van der Waals surface area contributed by atoms with Gasteiger partial charge in [-0.3, -0.25) is 4.79 Å². The van der Waals surface area contributed by atoms with Crippen LogP contribution in [0.3, 0.4) is 0 Å². The fourth-order valence-electron chi connectivity index (χ4n) is 3.31. The number of carbonyl (C=O) groups excluding carboxylic acids is 1. The van der Waals surface area contributed by atoms with Gasteiger partial charge in [-0.25, -0.2) is 0 Å². The molecular formula is C18H27NO3. The molecule has 0 aliphatic heterocycles. The average Bonchev–Trinajstić information content (AvgIpc) is 2.81. The number of hydrogen-bond donors (Lipinski definition) is 1. The number of carbonyl (C=O) groups is 1. The molecule has 4 nitrogen and oxygen atoms in total. The summed E-state index contributed by atoms with van der Waals surface area (Å²) in [7, 11) is 0. The first kappa shape index (κ1) is 16.8. The number of hydrogen-bond acceptors (Lipinski definition) is 4. The fraction of sp³-hybridized carbons (Fsp3) is 0.611. The molecule has 122 valence electrons. The Kier molecular flexibility index (Phi) is 6.25. The van der Waals surface area contributed by atoms with Crippen molar-refractivity contribution in [2.24, 2.45) is 5.73 Å². The van der Waals surface area contributed by atoms with E-state index in [0.29, 0.717) is 25.6 Å². The Balaban J connectivity index is 1.94. The molecule has 1 aliphatic carbocycles. The van der Waals surface area contributed by atoms with Gasteiger partial charge in [-0.2, -0.15) is 0 Å². The SMILES string of the molecule is CCOC(=O)CCCCC1c2c(cccc2OCC)CC1N. The molecule has 22 heavy (non-hydrogen) atoms. The van der Waals surface area contributed by atoms with Gasteiger partial charge < -0.3 is 15.2 Å². The van der Waals surface area contributed by atoms with Gasteiger partial charge in [-0.15, -0.1) is 0 Å². The predicted octanol–water partition coefficient (Wildman–Crippen LogP) is 3.18. The molecule has 0 radical (unpaired) electrons. The van der Waals surface area contributed by atoms with E-state index in [1.165, 1.54) is 11.1 Å². The van der Waals surface area contributed by atoms with Crippen molar-refractivity contribution in [1.82, 2.24) is 0 Å². The van der Waals surface area contributed by atoms with Crippen LogP contribution in [0.1, 0.15) is 56.6 Å². The molecule has 2 atom stereocenters. The summed E-state index contributed by atoms with van der Waals surface area (Å²) >= 11 is 0. The minimum atomic E-state index is -0.103. The molecule has 2 N–H and O–H groups in total. The Morgan fingerprint density at radius 2 is 2.09 bits per heavy atom. The highest BCUT2D eigenvalue weighted by Crippen LogP contribution is 2.41. The molecule has 0 heterocycles. The second-order valence-corrected chi connectivity index (χ2v) is 5.79. The third-order valence-corrected chi connectivity index (χ3v) is 4.25. The van der Waals surface area contributed by atoms with Crippen molar-refractivity contribution in [2.45, 2.75) is 57.9 Å². The maximum absolute atomic E-state index is 11.4. The van der Waals surface area contributed by atoms with E-state index in [1.807, 2.05) is 26.0 Å². The maximum Gasteiger partial charge on any atom is 0.305 e. The van der Waals surface area contributed by atoms with Crippen molar-refractivity contribution in [3.8, 4) is 5.75 Å². The first-order chi connectivity index (χ1) is 10.7. The minimum Gasteiger partial charge on any atom is -0.494 e. The Labute approximate surface area is 133 Å². The number of nitrogens with two attached hydrogens (primary N) is 1. The van der Waals surface area contributed by atoms with Crippen LogP contribution in [-0.4, -0.2) is 25.2 Å². The topological polar surface area (TPSA) is 61.5 Å². The number of unbranched alkanes of at least 4 members (excludes halogenated alkanes) is 1. The summed E-state index contributed by atoms with van der Waals surface area (Å²) in [5.41, 5.74) is 8.94.